The van der Waals surface area contributed by atoms with E-state index in [1.807, 2.05) is 23.1 Å². The number of urea groups is 1. The van der Waals surface area contributed by atoms with Gasteiger partial charge in [0.15, 0.2) is 5.76 Å². The van der Waals surface area contributed by atoms with Crippen LogP contribution < -0.4 is 11.1 Å². The Hall–Kier alpha value is -2.05. The molecule has 7 heteroatoms. The fraction of sp³-hybridized carbons (Fsp3) is 0.412. The van der Waals surface area contributed by atoms with Crippen LogP contribution in [0.2, 0.25) is 5.02 Å². The average Bonchev–Trinajstić information content (AvgIpc) is 3.08. The minimum absolute atomic E-state index is 0.110. The van der Waals surface area contributed by atoms with Gasteiger partial charge in [0.2, 0.25) is 0 Å². The number of carbonyl (C=O) groups is 1. The Morgan fingerprint density at radius 2 is 2.25 bits per heavy atom. The first-order chi connectivity index (χ1) is 11.7. The van der Waals surface area contributed by atoms with Gasteiger partial charge < -0.3 is 20.5 Å². The van der Waals surface area contributed by atoms with Crippen molar-refractivity contribution < 1.29 is 9.32 Å². The predicted molar refractivity (Wildman–Crippen MR) is 92.6 cm³/mol. The van der Waals surface area contributed by atoms with Crippen LogP contribution in [0.3, 0.4) is 0 Å². The van der Waals surface area contributed by atoms with E-state index in [0.29, 0.717) is 23.0 Å². The number of amides is 2. The summed E-state index contributed by atoms with van der Waals surface area (Å²) < 4.78 is 5.30. The van der Waals surface area contributed by atoms with Crippen LogP contribution in [-0.2, 0) is 6.54 Å². The highest BCUT2D eigenvalue weighted by atomic mass is 35.5. The van der Waals surface area contributed by atoms with Crippen LogP contribution in [0.25, 0.3) is 11.3 Å². The Labute approximate surface area is 145 Å². The number of hydrogen-bond donors (Lipinski definition) is 2. The van der Waals surface area contributed by atoms with E-state index >= 15 is 0 Å². The van der Waals surface area contributed by atoms with Gasteiger partial charge in [0.25, 0.3) is 0 Å². The summed E-state index contributed by atoms with van der Waals surface area (Å²) in [7, 11) is 0. The third kappa shape index (κ3) is 3.71. The lowest BCUT2D eigenvalue weighted by Crippen LogP contribution is -2.51. The molecule has 0 bridgehead atoms. The maximum atomic E-state index is 12.3. The van der Waals surface area contributed by atoms with E-state index in [1.54, 1.807) is 12.1 Å². The second-order valence-corrected chi connectivity index (χ2v) is 6.30. The zero-order chi connectivity index (χ0) is 16.9. The molecular formula is C17H21ClN4O2. The number of nitrogens with one attached hydrogen (secondary N) is 1. The molecule has 3 N–H and O–H groups in total. The Balaban J connectivity index is 1.61. The van der Waals surface area contributed by atoms with Crippen LogP contribution >= 0.6 is 11.6 Å². The second kappa shape index (κ2) is 7.68. The largest absolute Gasteiger partial charge is 0.359 e. The predicted octanol–water partition coefficient (Wildman–Crippen LogP) is 3.02. The molecule has 1 saturated heterocycles. The number of nitrogens with two attached hydrogens (primary N) is 1. The van der Waals surface area contributed by atoms with Crippen molar-refractivity contribution in [1.29, 1.82) is 0 Å². The molecule has 0 spiro atoms. The fourth-order valence-electron chi connectivity index (χ4n) is 2.97. The van der Waals surface area contributed by atoms with E-state index in [0.717, 1.165) is 31.4 Å². The molecule has 1 unspecified atom stereocenters. The lowest BCUT2D eigenvalue weighted by atomic mass is 10.0. The van der Waals surface area contributed by atoms with Crippen molar-refractivity contribution in [2.75, 3.05) is 13.1 Å². The normalized spacial score (nSPS) is 17.8. The Bertz CT molecular complexity index is 703. The smallest absolute Gasteiger partial charge is 0.318 e. The first kappa shape index (κ1) is 16.8. The van der Waals surface area contributed by atoms with Crippen LogP contribution in [0.4, 0.5) is 4.79 Å². The maximum absolute atomic E-state index is 12.3. The lowest BCUT2D eigenvalue weighted by Gasteiger charge is -2.34. The summed E-state index contributed by atoms with van der Waals surface area (Å²) in [5, 5.41) is 7.51. The number of benzene rings is 1. The van der Waals surface area contributed by atoms with Crippen molar-refractivity contribution in [3.63, 3.8) is 0 Å². The topological polar surface area (TPSA) is 84.4 Å². The Morgan fingerprint density at radius 1 is 1.42 bits per heavy atom. The van der Waals surface area contributed by atoms with Crippen molar-refractivity contribution in [1.82, 2.24) is 15.4 Å². The standard InChI is InChI=1S/C17H21ClN4O2/c18-15-7-2-1-6-14(15)16-9-13(24-21-16)11-20-17(23)22-8-4-3-5-12(22)10-19/h1-2,6-7,9,12H,3-5,8,10-11,19H2,(H,20,23). The molecule has 24 heavy (non-hydrogen) atoms. The molecule has 128 valence electrons. The monoisotopic (exact) mass is 348 g/mol. The van der Waals surface area contributed by atoms with Crippen molar-refractivity contribution in [2.45, 2.75) is 31.8 Å². The molecule has 2 aromatic rings. The van der Waals surface area contributed by atoms with Crippen LogP contribution in [0.1, 0.15) is 25.0 Å². The molecule has 1 aromatic carbocycles. The number of aromatic nitrogens is 1. The van der Waals surface area contributed by atoms with Crippen LogP contribution in [0, 0.1) is 0 Å². The van der Waals surface area contributed by atoms with Gasteiger partial charge in [0, 0.05) is 30.8 Å². The molecule has 1 aromatic heterocycles. The minimum atomic E-state index is -0.110. The maximum Gasteiger partial charge on any atom is 0.318 e. The zero-order valence-corrected chi connectivity index (χ0v) is 14.1. The second-order valence-electron chi connectivity index (χ2n) is 5.90. The highest BCUT2D eigenvalue weighted by Crippen LogP contribution is 2.27. The van der Waals surface area contributed by atoms with Gasteiger partial charge in [0.1, 0.15) is 5.69 Å². The number of carbonyl (C=O) groups excluding carboxylic acids is 1. The summed E-state index contributed by atoms with van der Waals surface area (Å²) in [5.41, 5.74) is 7.22. The SMILES string of the molecule is NCC1CCCCN1C(=O)NCc1cc(-c2ccccc2Cl)no1. The van der Waals surface area contributed by atoms with Gasteiger partial charge in [-0.2, -0.15) is 0 Å². The van der Waals surface area contributed by atoms with Gasteiger partial charge in [-0.05, 0) is 25.3 Å². The number of halogens is 1. The molecular weight excluding hydrogens is 328 g/mol. The first-order valence-electron chi connectivity index (χ1n) is 8.14. The summed E-state index contributed by atoms with van der Waals surface area (Å²) in [6.45, 7) is 1.52. The molecule has 1 aliphatic rings. The van der Waals surface area contributed by atoms with Crippen LogP contribution in [0.5, 0.6) is 0 Å². The van der Waals surface area contributed by atoms with Crippen LogP contribution in [-0.4, -0.2) is 35.2 Å². The van der Waals surface area contributed by atoms with Gasteiger partial charge in [-0.25, -0.2) is 4.79 Å². The van der Waals surface area contributed by atoms with Gasteiger partial charge in [-0.1, -0.05) is 35.0 Å². The minimum Gasteiger partial charge on any atom is -0.359 e. The molecule has 1 fully saturated rings. The van der Waals surface area contributed by atoms with Crippen LogP contribution in [0.15, 0.2) is 34.9 Å². The van der Waals surface area contributed by atoms with E-state index < -0.39 is 0 Å². The van der Waals surface area contributed by atoms with Crippen molar-refractivity contribution in [3.8, 4) is 11.3 Å². The quantitative estimate of drug-likeness (QED) is 0.889. The summed E-state index contributed by atoms with van der Waals surface area (Å²) in [4.78, 5) is 14.2. The van der Waals surface area contributed by atoms with E-state index in [1.165, 1.54) is 0 Å². The highest BCUT2D eigenvalue weighted by Gasteiger charge is 2.25. The van der Waals surface area contributed by atoms with Gasteiger partial charge in [-0.3, -0.25) is 0 Å². The molecule has 0 aliphatic carbocycles. The molecule has 1 atom stereocenters. The Morgan fingerprint density at radius 3 is 3.04 bits per heavy atom. The van der Waals surface area contributed by atoms with Crippen molar-refractivity contribution in [2.24, 2.45) is 5.73 Å². The first-order valence-corrected chi connectivity index (χ1v) is 8.52. The summed E-state index contributed by atoms with van der Waals surface area (Å²) in [6, 6.07) is 9.23. The van der Waals surface area contributed by atoms with E-state index in [-0.39, 0.29) is 18.6 Å². The number of likely N-dealkylation sites (tertiary alicyclic amines) is 1. The van der Waals surface area contributed by atoms with Gasteiger partial charge in [0.05, 0.1) is 11.6 Å². The van der Waals surface area contributed by atoms with E-state index in [4.69, 9.17) is 21.9 Å². The van der Waals surface area contributed by atoms with Gasteiger partial charge in [-0.15, -0.1) is 0 Å². The van der Waals surface area contributed by atoms with Crippen molar-refractivity contribution >= 4 is 17.6 Å². The summed E-state index contributed by atoms with van der Waals surface area (Å²) in [5.74, 6) is 0.583. The highest BCUT2D eigenvalue weighted by molar-refractivity contribution is 6.33. The lowest BCUT2D eigenvalue weighted by molar-refractivity contribution is 0.152. The number of rotatable bonds is 4. The van der Waals surface area contributed by atoms with Crippen molar-refractivity contribution in [3.05, 3.63) is 41.1 Å². The molecule has 0 saturated carbocycles. The summed E-state index contributed by atoms with van der Waals surface area (Å²) in [6.07, 6.45) is 3.10. The Kier molecular flexibility index (Phi) is 5.37. The number of hydrogen-bond acceptors (Lipinski definition) is 4. The third-order valence-corrected chi connectivity index (χ3v) is 4.61. The van der Waals surface area contributed by atoms with Gasteiger partial charge >= 0.3 is 6.03 Å². The molecule has 3 rings (SSSR count). The average molecular weight is 349 g/mol. The molecule has 2 amide bonds. The molecule has 1 aliphatic heterocycles. The van der Waals surface area contributed by atoms with E-state index in [9.17, 15) is 4.79 Å². The summed E-state index contributed by atoms with van der Waals surface area (Å²) >= 11 is 6.16. The fourth-order valence-corrected chi connectivity index (χ4v) is 3.20. The number of piperidine rings is 1. The van der Waals surface area contributed by atoms with E-state index in [2.05, 4.69) is 10.5 Å². The third-order valence-electron chi connectivity index (χ3n) is 4.28. The number of nitrogens with zero attached hydrogens (tertiary/aromatic N) is 2. The molecule has 6 nitrogen and oxygen atoms in total. The molecule has 0 radical (unpaired) electrons. The molecule has 2 heterocycles. The zero-order valence-electron chi connectivity index (χ0n) is 13.4.